The van der Waals surface area contributed by atoms with Crippen molar-refractivity contribution in [3.05, 3.63) is 35.1 Å². The Morgan fingerprint density at radius 1 is 1.29 bits per heavy atom. The third-order valence-corrected chi connectivity index (χ3v) is 1.86. The second-order valence-corrected chi connectivity index (χ2v) is 3.86. The molecule has 0 saturated heterocycles. The van der Waals surface area contributed by atoms with Crippen LogP contribution in [0.1, 0.15) is 24.2 Å². The highest BCUT2D eigenvalue weighted by atomic mass is 19.2. The summed E-state index contributed by atoms with van der Waals surface area (Å²) >= 11 is 0. The van der Waals surface area contributed by atoms with Gasteiger partial charge in [0.05, 0.1) is 12.2 Å². The van der Waals surface area contributed by atoms with Crippen molar-refractivity contribution < 1.29 is 22.8 Å². The molecule has 0 aromatic heterocycles. The topological polar surface area (TPSA) is 38.3 Å². The molecule has 0 atom stereocenters. The third kappa shape index (κ3) is 3.45. The van der Waals surface area contributed by atoms with Crippen molar-refractivity contribution in [3.8, 4) is 0 Å². The van der Waals surface area contributed by atoms with Crippen LogP contribution >= 0.6 is 0 Å². The number of nitrogens with one attached hydrogen (secondary N) is 1. The molecule has 0 unspecified atom stereocenters. The predicted octanol–water partition coefficient (Wildman–Crippen LogP) is 2.42. The van der Waals surface area contributed by atoms with Crippen LogP contribution in [0.3, 0.4) is 0 Å². The average molecular weight is 247 g/mol. The van der Waals surface area contributed by atoms with Crippen molar-refractivity contribution >= 4 is 5.91 Å². The van der Waals surface area contributed by atoms with Crippen LogP contribution in [0.15, 0.2) is 12.1 Å². The van der Waals surface area contributed by atoms with E-state index in [-0.39, 0.29) is 12.5 Å². The van der Waals surface area contributed by atoms with Crippen LogP contribution in [0.25, 0.3) is 0 Å². The Hall–Kier alpha value is -1.56. The molecular formula is C11H12F3NO2. The second kappa shape index (κ2) is 5.67. The Labute approximate surface area is 96.5 Å². The van der Waals surface area contributed by atoms with Crippen molar-refractivity contribution in [1.29, 1.82) is 0 Å². The zero-order valence-corrected chi connectivity index (χ0v) is 9.39. The number of hydroxylamine groups is 1. The zero-order chi connectivity index (χ0) is 13.0. The Bertz CT molecular complexity index is 421. The minimum atomic E-state index is -1.68. The predicted molar refractivity (Wildman–Crippen MR) is 54.6 cm³/mol. The quantitative estimate of drug-likeness (QED) is 0.655. The van der Waals surface area contributed by atoms with Crippen LogP contribution in [-0.4, -0.2) is 12.5 Å². The summed E-state index contributed by atoms with van der Waals surface area (Å²) in [5.74, 6) is -5.34. The number of rotatable bonds is 4. The number of benzene rings is 1. The van der Waals surface area contributed by atoms with Crippen LogP contribution in [0.2, 0.25) is 0 Å². The summed E-state index contributed by atoms with van der Waals surface area (Å²) in [6.07, 6.45) is 0. The van der Waals surface area contributed by atoms with Gasteiger partial charge in [-0.15, -0.1) is 0 Å². The molecule has 0 radical (unpaired) electrons. The molecule has 1 aromatic carbocycles. The Balaban J connectivity index is 2.73. The molecule has 0 saturated carbocycles. The number of amides is 1. The number of carbonyl (C=O) groups is 1. The van der Waals surface area contributed by atoms with E-state index in [1.165, 1.54) is 0 Å². The molecular weight excluding hydrogens is 235 g/mol. The van der Waals surface area contributed by atoms with E-state index in [1.54, 1.807) is 0 Å². The van der Waals surface area contributed by atoms with E-state index < -0.39 is 28.9 Å². The molecule has 1 N–H and O–H groups in total. The lowest BCUT2D eigenvalue weighted by Gasteiger charge is -2.08. The van der Waals surface area contributed by atoms with Gasteiger partial charge in [0.2, 0.25) is 0 Å². The summed E-state index contributed by atoms with van der Waals surface area (Å²) in [5.41, 5.74) is 1.35. The zero-order valence-electron chi connectivity index (χ0n) is 9.39. The van der Waals surface area contributed by atoms with Crippen LogP contribution in [-0.2, 0) is 4.84 Å². The maximum Gasteiger partial charge on any atom is 0.277 e. The van der Waals surface area contributed by atoms with Gasteiger partial charge < -0.3 is 0 Å². The van der Waals surface area contributed by atoms with Gasteiger partial charge in [0, 0.05) is 0 Å². The lowest BCUT2D eigenvalue weighted by atomic mass is 10.2. The van der Waals surface area contributed by atoms with E-state index in [0.29, 0.717) is 6.07 Å². The summed E-state index contributed by atoms with van der Waals surface area (Å²) in [6.45, 7) is 3.94. The van der Waals surface area contributed by atoms with Gasteiger partial charge in [0.15, 0.2) is 17.5 Å². The first-order valence-electron chi connectivity index (χ1n) is 4.99. The summed E-state index contributed by atoms with van der Waals surface area (Å²) in [5, 5.41) is 0. The van der Waals surface area contributed by atoms with Crippen molar-refractivity contribution in [2.24, 2.45) is 5.92 Å². The minimum absolute atomic E-state index is 0.171. The second-order valence-electron chi connectivity index (χ2n) is 3.86. The Morgan fingerprint density at radius 3 is 2.53 bits per heavy atom. The van der Waals surface area contributed by atoms with E-state index in [9.17, 15) is 18.0 Å². The Kier molecular flexibility index (Phi) is 4.51. The summed E-state index contributed by atoms with van der Waals surface area (Å²) in [4.78, 5) is 16.1. The SMILES string of the molecule is CC(C)CONC(=O)c1ccc(F)c(F)c1F. The standard InChI is InChI=1S/C11H12F3NO2/c1-6(2)5-17-15-11(16)7-3-4-8(12)10(14)9(7)13/h3-4,6H,5H2,1-2H3,(H,15,16). The average Bonchev–Trinajstić information content (AvgIpc) is 2.25. The molecule has 0 aliphatic heterocycles. The highest BCUT2D eigenvalue weighted by Crippen LogP contribution is 2.14. The fourth-order valence-corrected chi connectivity index (χ4v) is 1.03. The lowest BCUT2D eigenvalue weighted by Crippen LogP contribution is -2.26. The van der Waals surface area contributed by atoms with Gasteiger partial charge in [0.1, 0.15) is 0 Å². The maximum absolute atomic E-state index is 13.2. The van der Waals surface area contributed by atoms with Crippen LogP contribution in [0.5, 0.6) is 0 Å². The molecule has 3 nitrogen and oxygen atoms in total. The Morgan fingerprint density at radius 2 is 1.94 bits per heavy atom. The molecule has 0 spiro atoms. The number of hydrogen-bond acceptors (Lipinski definition) is 2. The van der Waals surface area contributed by atoms with Gasteiger partial charge in [-0.2, -0.15) is 0 Å². The molecule has 1 aromatic rings. The molecule has 0 aliphatic carbocycles. The fraction of sp³-hybridized carbons (Fsp3) is 0.364. The molecule has 0 fully saturated rings. The molecule has 1 rings (SSSR count). The van der Waals surface area contributed by atoms with Crippen LogP contribution < -0.4 is 5.48 Å². The number of halogens is 3. The van der Waals surface area contributed by atoms with Gasteiger partial charge in [-0.3, -0.25) is 9.63 Å². The first kappa shape index (κ1) is 13.5. The largest absolute Gasteiger partial charge is 0.277 e. The first-order chi connectivity index (χ1) is 7.93. The molecule has 0 aliphatic rings. The van der Waals surface area contributed by atoms with E-state index in [4.69, 9.17) is 4.84 Å². The molecule has 17 heavy (non-hydrogen) atoms. The molecule has 1 amide bonds. The van der Waals surface area contributed by atoms with Gasteiger partial charge in [0.25, 0.3) is 5.91 Å². The van der Waals surface area contributed by atoms with Crippen molar-refractivity contribution in [2.75, 3.05) is 6.61 Å². The minimum Gasteiger partial charge on any atom is -0.273 e. The van der Waals surface area contributed by atoms with E-state index in [0.717, 1.165) is 6.07 Å². The van der Waals surface area contributed by atoms with Crippen LogP contribution in [0, 0.1) is 23.4 Å². The molecule has 0 heterocycles. The fourth-order valence-electron chi connectivity index (χ4n) is 1.03. The van der Waals surface area contributed by atoms with Crippen LogP contribution in [0.4, 0.5) is 13.2 Å². The molecule has 6 heteroatoms. The summed E-state index contributed by atoms with van der Waals surface area (Å²) in [7, 11) is 0. The lowest BCUT2D eigenvalue weighted by molar-refractivity contribution is 0.0205. The monoisotopic (exact) mass is 247 g/mol. The van der Waals surface area contributed by atoms with E-state index in [1.807, 2.05) is 19.3 Å². The molecule has 94 valence electrons. The van der Waals surface area contributed by atoms with Crippen molar-refractivity contribution in [3.63, 3.8) is 0 Å². The summed E-state index contributed by atoms with van der Waals surface area (Å²) in [6, 6.07) is 1.53. The highest BCUT2D eigenvalue weighted by molar-refractivity contribution is 5.93. The van der Waals surface area contributed by atoms with E-state index >= 15 is 0 Å². The summed E-state index contributed by atoms with van der Waals surface area (Å²) < 4.78 is 38.6. The third-order valence-electron chi connectivity index (χ3n) is 1.86. The highest BCUT2D eigenvalue weighted by Gasteiger charge is 2.18. The van der Waals surface area contributed by atoms with Gasteiger partial charge >= 0.3 is 0 Å². The van der Waals surface area contributed by atoms with E-state index in [2.05, 4.69) is 0 Å². The number of carbonyl (C=O) groups excluding carboxylic acids is 1. The normalized spacial score (nSPS) is 10.7. The number of hydrogen-bond donors (Lipinski definition) is 1. The molecule has 0 bridgehead atoms. The van der Waals surface area contributed by atoms with Crippen molar-refractivity contribution in [2.45, 2.75) is 13.8 Å². The van der Waals surface area contributed by atoms with Crippen molar-refractivity contribution in [1.82, 2.24) is 5.48 Å². The first-order valence-corrected chi connectivity index (χ1v) is 4.99. The van der Waals surface area contributed by atoms with Gasteiger partial charge in [-0.1, -0.05) is 13.8 Å². The maximum atomic E-state index is 13.2. The smallest absolute Gasteiger partial charge is 0.273 e. The van der Waals surface area contributed by atoms with Gasteiger partial charge in [-0.05, 0) is 18.1 Å². The van der Waals surface area contributed by atoms with Gasteiger partial charge in [-0.25, -0.2) is 18.7 Å².